The molecular formula is C18H33IN6O. The van der Waals surface area contributed by atoms with Crippen LogP contribution in [0.1, 0.15) is 26.2 Å². The number of nitrogens with one attached hydrogen (secondary N) is 2. The van der Waals surface area contributed by atoms with E-state index in [1.54, 1.807) is 0 Å². The SMILES string of the molecule is CCNC(=NCC1CN2CCN1CC2)N1CCCC2(CNC(=O)C2)C1.I. The number of carbonyl (C=O) groups excluding carboxylic acids is 1. The Labute approximate surface area is 173 Å². The molecule has 5 aliphatic rings. The summed E-state index contributed by atoms with van der Waals surface area (Å²) in [7, 11) is 0. The van der Waals surface area contributed by atoms with Gasteiger partial charge in [0.2, 0.25) is 5.91 Å². The lowest BCUT2D eigenvalue weighted by Crippen LogP contribution is -2.62. The van der Waals surface area contributed by atoms with Crippen molar-refractivity contribution in [2.75, 3.05) is 65.4 Å². The molecule has 0 aromatic heterocycles. The highest BCUT2D eigenvalue weighted by atomic mass is 127. The number of amides is 1. The Morgan fingerprint density at radius 1 is 1.31 bits per heavy atom. The number of aliphatic imine (C=N–C) groups is 1. The molecule has 7 nitrogen and oxygen atoms in total. The van der Waals surface area contributed by atoms with E-state index in [-0.39, 0.29) is 35.3 Å². The van der Waals surface area contributed by atoms with Crippen molar-refractivity contribution in [2.24, 2.45) is 10.4 Å². The number of halogens is 1. The third-order valence-corrected chi connectivity index (χ3v) is 6.34. The summed E-state index contributed by atoms with van der Waals surface area (Å²) in [4.78, 5) is 24.3. The van der Waals surface area contributed by atoms with Crippen LogP contribution in [0.25, 0.3) is 0 Å². The molecule has 0 aromatic rings. The summed E-state index contributed by atoms with van der Waals surface area (Å²) < 4.78 is 0. The van der Waals surface area contributed by atoms with Crippen LogP contribution in [0, 0.1) is 5.41 Å². The molecule has 0 radical (unpaired) electrons. The number of fused-ring (bicyclic) bond motifs is 3. The van der Waals surface area contributed by atoms with Gasteiger partial charge < -0.3 is 15.5 Å². The second-order valence-corrected chi connectivity index (χ2v) is 8.16. The lowest BCUT2D eigenvalue weighted by molar-refractivity contribution is -0.119. The molecule has 2 bridgehead atoms. The van der Waals surface area contributed by atoms with E-state index in [0.717, 1.165) is 58.1 Å². The van der Waals surface area contributed by atoms with Crippen LogP contribution in [-0.4, -0.2) is 98.1 Å². The molecule has 26 heavy (non-hydrogen) atoms. The van der Waals surface area contributed by atoms with Gasteiger partial charge in [-0.3, -0.25) is 19.6 Å². The van der Waals surface area contributed by atoms with Gasteiger partial charge in [0.1, 0.15) is 0 Å². The summed E-state index contributed by atoms with van der Waals surface area (Å²) >= 11 is 0. The van der Waals surface area contributed by atoms with Crippen molar-refractivity contribution < 1.29 is 4.79 Å². The summed E-state index contributed by atoms with van der Waals surface area (Å²) in [6.45, 7) is 12.7. The van der Waals surface area contributed by atoms with E-state index in [1.807, 2.05) is 0 Å². The van der Waals surface area contributed by atoms with E-state index in [1.165, 1.54) is 26.2 Å². The first kappa shape index (κ1) is 20.1. The van der Waals surface area contributed by atoms with E-state index < -0.39 is 0 Å². The molecule has 5 rings (SSSR count). The minimum absolute atomic E-state index is 0. The van der Waals surface area contributed by atoms with Gasteiger partial charge in [-0.1, -0.05) is 0 Å². The highest BCUT2D eigenvalue weighted by Gasteiger charge is 2.42. The van der Waals surface area contributed by atoms with E-state index in [2.05, 4.69) is 32.3 Å². The van der Waals surface area contributed by atoms with Crippen molar-refractivity contribution in [2.45, 2.75) is 32.2 Å². The summed E-state index contributed by atoms with van der Waals surface area (Å²) in [5.74, 6) is 1.25. The maximum absolute atomic E-state index is 11.7. The minimum atomic E-state index is 0. The van der Waals surface area contributed by atoms with Crippen molar-refractivity contribution >= 4 is 35.8 Å². The Morgan fingerprint density at radius 3 is 2.73 bits per heavy atom. The van der Waals surface area contributed by atoms with Crippen LogP contribution in [-0.2, 0) is 4.79 Å². The van der Waals surface area contributed by atoms with Gasteiger partial charge in [0.05, 0.1) is 6.54 Å². The van der Waals surface area contributed by atoms with E-state index in [4.69, 9.17) is 4.99 Å². The minimum Gasteiger partial charge on any atom is -0.357 e. The predicted molar refractivity (Wildman–Crippen MR) is 114 cm³/mol. The number of rotatable bonds is 3. The van der Waals surface area contributed by atoms with E-state index in [0.29, 0.717) is 12.5 Å². The second-order valence-electron chi connectivity index (χ2n) is 8.16. The fraction of sp³-hybridized carbons (Fsp3) is 0.889. The molecule has 2 N–H and O–H groups in total. The predicted octanol–water partition coefficient (Wildman–Crippen LogP) is 0.172. The van der Waals surface area contributed by atoms with Gasteiger partial charge in [0.15, 0.2) is 5.96 Å². The lowest BCUT2D eigenvalue weighted by Gasteiger charge is -2.47. The van der Waals surface area contributed by atoms with Crippen molar-refractivity contribution in [1.82, 2.24) is 25.3 Å². The van der Waals surface area contributed by atoms with E-state index >= 15 is 0 Å². The first-order valence-electron chi connectivity index (χ1n) is 9.94. The van der Waals surface area contributed by atoms with Gasteiger partial charge in [0, 0.05) is 76.8 Å². The molecule has 2 atom stereocenters. The Balaban J connectivity index is 0.00000196. The highest BCUT2D eigenvalue weighted by molar-refractivity contribution is 14.0. The van der Waals surface area contributed by atoms with Crippen LogP contribution in [0.2, 0.25) is 0 Å². The van der Waals surface area contributed by atoms with Crippen LogP contribution >= 0.6 is 24.0 Å². The molecule has 148 valence electrons. The molecule has 5 fully saturated rings. The van der Waals surface area contributed by atoms with Crippen LogP contribution in [0.4, 0.5) is 0 Å². The smallest absolute Gasteiger partial charge is 0.220 e. The molecule has 8 heteroatoms. The van der Waals surface area contributed by atoms with Gasteiger partial charge in [-0.15, -0.1) is 24.0 Å². The first-order valence-corrected chi connectivity index (χ1v) is 9.94. The number of hydrogen-bond donors (Lipinski definition) is 2. The number of nitrogens with zero attached hydrogens (tertiary/aromatic N) is 4. The molecule has 2 unspecified atom stereocenters. The van der Waals surface area contributed by atoms with Crippen molar-refractivity contribution in [3.05, 3.63) is 0 Å². The number of likely N-dealkylation sites (tertiary alicyclic amines) is 1. The molecule has 5 aliphatic heterocycles. The number of piperidine rings is 1. The molecule has 1 spiro atoms. The van der Waals surface area contributed by atoms with Gasteiger partial charge >= 0.3 is 0 Å². The molecular weight excluding hydrogens is 443 g/mol. The second kappa shape index (κ2) is 8.60. The molecule has 5 heterocycles. The zero-order valence-corrected chi connectivity index (χ0v) is 18.2. The molecule has 5 saturated heterocycles. The Hall–Kier alpha value is -0.610. The largest absolute Gasteiger partial charge is 0.357 e. The van der Waals surface area contributed by atoms with Gasteiger partial charge in [-0.05, 0) is 19.8 Å². The van der Waals surface area contributed by atoms with Gasteiger partial charge in [-0.25, -0.2) is 0 Å². The zero-order chi connectivity index (χ0) is 17.3. The molecule has 0 aliphatic carbocycles. The topological polar surface area (TPSA) is 63.2 Å². The standard InChI is InChI=1S/C18H32N6O.HI/c1-2-19-17(20-11-15-12-22-6-8-23(15)9-7-22)24-5-3-4-18(14-24)10-16(25)21-13-18;/h15H,2-14H2,1H3,(H,19,20)(H,21,25);1H. The van der Waals surface area contributed by atoms with Crippen LogP contribution in [0.3, 0.4) is 0 Å². The number of hydrogen-bond acceptors (Lipinski definition) is 4. The monoisotopic (exact) mass is 476 g/mol. The summed E-state index contributed by atoms with van der Waals surface area (Å²) in [6, 6.07) is 0.560. The molecule has 0 aromatic carbocycles. The van der Waals surface area contributed by atoms with Crippen molar-refractivity contribution in [3.63, 3.8) is 0 Å². The Morgan fingerprint density at radius 2 is 2.12 bits per heavy atom. The Bertz CT molecular complexity index is 536. The quantitative estimate of drug-likeness (QED) is 0.346. The zero-order valence-electron chi connectivity index (χ0n) is 15.9. The molecule has 0 saturated carbocycles. The molecule has 1 amide bonds. The maximum atomic E-state index is 11.7. The number of carbonyl (C=O) groups is 1. The maximum Gasteiger partial charge on any atom is 0.220 e. The number of guanidine groups is 1. The van der Waals surface area contributed by atoms with Gasteiger partial charge in [0.25, 0.3) is 0 Å². The normalized spacial score (nSPS) is 36.8. The third kappa shape index (κ3) is 4.27. The third-order valence-electron chi connectivity index (χ3n) is 6.34. The average molecular weight is 476 g/mol. The summed E-state index contributed by atoms with van der Waals surface area (Å²) in [6.07, 6.45) is 2.96. The lowest BCUT2D eigenvalue weighted by atomic mass is 9.79. The summed E-state index contributed by atoms with van der Waals surface area (Å²) in [5.41, 5.74) is 0.116. The highest BCUT2D eigenvalue weighted by Crippen LogP contribution is 2.36. The summed E-state index contributed by atoms with van der Waals surface area (Å²) in [5, 5.41) is 6.53. The fourth-order valence-electron chi connectivity index (χ4n) is 4.94. The van der Waals surface area contributed by atoms with Crippen LogP contribution in [0.5, 0.6) is 0 Å². The number of piperazine rings is 3. The van der Waals surface area contributed by atoms with Crippen molar-refractivity contribution in [3.8, 4) is 0 Å². The first-order chi connectivity index (χ1) is 12.2. The van der Waals surface area contributed by atoms with Crippen LogP contribution < -0.4 is 10.6 Å². The van der Waals surface area contributed by atoms with Gasteiger partial charge in [-0.2, -0.15) is 0 Å². The average Bonchev–Trinajstić information content (AvgIpc) is 2.99. The van der Waals surface area contributed by atoms with Crippen molar-refractivity contribution in [1.29, 1.82) is 0 Å². The van der Waals surface area contributed by atoms with E-state index in [9.17, 15) is 4.79 Å². The van der Waals surface area contributed by atoms with Crippen LogP contribution in [0.15, 0.2) is 4.99 Å². The Kier molecular flexibility index (Phi) is 6.66. The fourth-order valence-corrected chi connectivity index (χ4v) is 4.94.